The molecule has 0 atom stereocenters. The molecule has 0 saturated carbocycles. The van der Waals surface area contributed by atoms with Crippen molar-refractivity contribution in [1.82, 2.24) is 10.2 Å². The van der Waals surface area contributed by atoms with Crippen molar-refractivity contribution in [2.24, 2.45) is 10.9 Å². The number of piperidine rings is 1. The minimum atomic E-state index is -4.29. The predicted octanol–water partition coefficient (Wildman–Crippen LogP) is 1.81. The minimum Gasteiger partial charge on any atom is -0.469 e. The number of nitrogens with zero attached hydrogens (tertiary/aromatic N) is 2. The smallest absolute Gasteiger partial charge is 0.411 e. The van der Waals surface area contributed by atoms with E-state index in [-0.39, 0.29) is 18.5 Å². The van der Waals surface area contributed by atoms with Gasteiger partial charge in [-0.15, -0.1) is 0 Å². The van der Waals surface area contributed by atoms with Gasteiger partial charge < -0.3 is 19.7 Å². The summed E-state index contributed by atoms with van der Waals surface area (Å²) < 4.78 is 45.2. The van der Waals surface area contributed by atoms with Crippen LogP contribution in [-0.4, -0.2) is 69.5 Å². The molecule has 0 aromatic carbocycles. The van der Waals surface area contributed by atoms with Crippen molar-refractivity contribution in [2.45, 2.75) is 32.4 Å². The molecule has 0 aromatic rings. The van der Waals surface area contributed by atoms with Gasteiger partial charge in [0.2, 0.25) is 0 Å². The molecule has 0 amide bonds. The van der Waals surface area contributed by atoms with Crippen LogP contribution in [0.5, 0.6) is 0 Å². The Kier molecular flexibility index (Phi) is 8.88. The summed E-state index contributed by atoms with van der Waals surface area (Å²) in [6.07, 6.45) is -2.47. The largest absolute Gasteiger partial charge is 0.469 e. The lowest BCUT2D eigenvalue weighted by Crippen LogP contribution is -2.46. The lowest BCUT2D eigenvalue weighted by molar-refractivity contribution is -0.173. The average molecular weight is 353 g/mol. The molecule has 9 heteroatoms. The molecule has 1 fully saturated rings. The standard InChI is InChI=1S/C15H26F3N3O3/c1-3-19-14(20-7-4-10-24-11-15(16,17)18)21-8-5-12(6-9-21)13(22)23-2/h12H,3-11H2,1-2H3,(H,19,20). The average Bonchev–Trinajstić information content (AvgIpc) is 2.55. The van der Waals surface area contributed by atoms with Crippen LogP contribution in [0.4, 0.5) is 13.2 Å². The Morgan fingerprint density at radius 3 is 2.54 bits per heavy atom. The Morgan fingerprint density at radius 2 is 2.00 bits per heavy atom. The first-order chi connectivity index (χ1) is 11.4. The fourth-order valence-electron chi connectivity index (χ4n) is 2.46. The SMILES string of the molecule is CCNC(=NCCCOCC(F)(F)F)N1CCC(C(=O)OC)CC1. The molecule has 1 saturated heterocycles. The fourth-order valence-corrected chi connectivity index (χ4v) is 2.46. The monoisotopic (exact) mass is 353 g/mol. The first kappa shape index (κ1) is 20.5. The molecule has 24 heavy (non-hydrogen) atoms. The summed E-state index contributed by atoms with van der Waals surface area (Å²) in [5, 5.41) is 3.16. The van der Waals surface area contributed by atoms with Gasteiger partial charge in [0.15, 0.2) is 5.96 Å². The van der Waals surface area contributed by atoms with Gasteiger partial charge in [-0.2, -0.15) is 13.2 Å². The van der Waals surface area contributed by atoms with Gasteiger partial charge in [0.1, 0.15) is 6.61 Å². The summed E-state index contributed by atoms with van der Waals surface area (Å²) in [5.41, 5.74) is 0. The number of alkyl halides is 3. The quantitative estimate of drug-likeness (QED) is 0.327. The number of rotatable bonds is 7. The summed E-state index contributed by atoms with van der Waals surface area (Å²) in [6.45, 7) is 3.21. The van der Waals surface area contributed by atoms with Crippen LogP contribution < -0.4 is 5.32 Å². The van der Waals surface area contributed by atoms with Gasteiger partial charge in [0.05, 0.1) is 13.0 Å². The van der Waals surface area contributed by atoms with Crippen LogP contribution in [0.25, 0.3) is 0 Å². The Labute approximate surface area is 140 Å². The summed E-state index contributed by atoms with van der Waals surface area (Å²) >= 11 is 0. The summed E-state index contributed by atoms with van der Waals surface area (Å²) in [6, 6.07) is 0. The second kappa shape index (κ2) is 10.4. The third kappa shape index (κ3) is 7.85. The van der Waals surface area contributed by atoms with Crippen LogP contribution in [0.15, 0.2) is 4.99 Å². The van der Waals surface area contributed by atoms with Crippen molar-refractivity contribution in [1.29, 1.82) is 0 Å². The number of hydrogen-bond donors (Lipinski definition) is 1. The molecule has 0 bridgehead atoms. The minimum absolute atomic E-state index is 0.0207. The third-order valence-corrected chi connectivity index (χ3v) is 3.64. The third-order valence-electron chi connectivity index (χ3n) is 3.64. The van der Waals surface area contributed by atoms with Crippen molar-refractivity contribution >= 4 is 11.9 Å². The maximum absolute atomic E-state index is 11.9. The van der Waals surface area contributed by atoms with Crippen molar-refractivity contribution < 1.29 is 27.4 Å². The predicted molar refractivity (Wildman–Crippen MR) is 83.8 cm³/mol. The Balaban J connectivity index is 2.36. The highest BCUT2D eigenvalue weighted by molar-refractivity contribution is 5.80. The number of halogens is 3. The Morgan fingerprint density at radius 1 is 1.33 bits per heavy atom. The lowest BCUT2D eigenvalue weighted by Gasteiger charge is -2.33. The van der Waals surface area contributed by atoms with Crippen LogP contribution in [0, 0.1) is 5.92 Å². The molecule has 6 nitrogen and oxygen atoms in total. The number of esters is 1. The highest BCUT2D eigenvalue weighted by Crippen LogP contribution is 2.18. The number of hydrogen-bond acceptors (Lipinski definition) is 4. The van der Waals surface area contributed by atoms with Gasteiger partial charge in [0.25, 0.3) is 0 Å². The molecule has 1 aliphatic heterocycles. The molecule has 0 spiro atoms. The van der Waals surface area contributed by atoms with Crippen LogP contribution in [-0.2, 0) is 14.3 Å². The van der Waals surface area contributed by atoms with Gasteiger partial charge in [0, 0.05) is 32.8 Å². The van der Waals surface area contributed by atoms with Gasteiger partial charge in [-0.3, -0.25) is 9.79 Å². The molecule has 1 rings (SSSR count). The number of nitrogens with one attached hydrogen (secondary N) is 1. The van der Waals surface area contributed by atoms with E-state index >= 15 is 0 Å². The maximum Gasteiger partial charge on any atom is 0.411 e. The number of carbonyl (C=O) groups is 1. The highest BCUT2D eigenvalue weighted by atomic mass is 19.4. The lowest BCUT2D eigenvalue weighted by atomic mass is 9.97. The van der Waals surface area contributed by atoms with E-state index in [1.807, 2.05) is 6.92 Å². The van der Waals surface area contributed by atoms with E-state index in [0.717, 1.165) is 5.96 Å². The van der Waals surface area contributed by atoms with Gasteiger partial charge in [-0.25, -0.2) is 0 Å². The molecule has 1 aliphatic rings. The fraction of sp³-hybridized carbons (Fsp3) is 0.867. The topological polar surface area (TPSA) is 63.2 Å². The van der Waals surface area contributed by atoms with E-state index in [0.29, 0.717) is 45.4 Å². The molecule has 1 N–H and O–H groups in total. The molecule has 0 radical (unpaired) electrons. The zero-order valence-electron chi connectivity index (χ0n) is 14.2. The molecule has 0 aromatic heterocycles. The van der Waals surface area contributed by atoms with Gasteiger partial charge >= 0.3 is 12.1 Å². The number of methoxy groups -OCH3 is 1. The number of guanidine groups is 1. The van der Waals surface area contributed by atoms with Crippen molar-refractivity contribution in [2.75, 3.05) is 46.5 Å². The van der Waals surface area contributed by atoms with Crippen LogP contribution in [0.3, 0.4) is 0 Å². The molecule has 0 unspecified atom stereocenters. The second-order valence-corrected chi connectivity index (χ2v) is 5.54. The van der Waals surface area contributed by atoms with Crippen LogP contribution in [0.2, 0.25) is 0 Å². The van der Waals surface area contributed by atoms with Crippen molar-refractivity contribution in [3.8, 4) is 0 Å². The molecule has 140 valence electrons. The van der Waals surface area contributed by atoms with E-state index in [1.54, 1.807) is 0 Å². The number of likely N-dealkylation sites (tertiary alicyclic amines) is 1. The van der Waals surface area contributed by atoms with Crippen LogP contribution in [0.1, 0.15) is 26.2 Å². The molecular weight excluding hydrogens is 327 g/mol. The zero-order chi connectivity index (χ0) is 18.0. The Hall–Kier alpha value is -1.51. The number of ether oxygens (including phenoxy) is 2. The second-order valence-electron chi connectivity index (χ2n) is 5.54. The first-order valence-electron chi connectivity index (χ1n) is 8.13. The molecular formula is C15H26F3N3O3. The van der Waals surface area contributed by atoms with E-state index in [1.165, 1.54) is 7.11 Å². The number of aliphatic imine (C=N–C) groups is 1. The number of carbonyl (C=O) groups excluding carboxylic acids is 1. The highest BCUT2D eigenvalue weighted by Gasteiger charge is 2.28. The molecule has 1 heterocycles. The Bertz CT molecular complexity index is 409. The van der Waals surface area contributed by atoms with Crippen LogP contribution >= 0.6 is 0 Å². The molecule has 0 aliphatic carbocycles. The van der Waals surface area contributed by atoms with E-state index in [2.05, 4.69) is 19.9 Å². The maximum atomic E-state index is 11.9. The zero-order valence-corrected chi connectivity index (χ0v) is 14.2. The van der Waals surface area contributed by atoms with Gasteiger partial charge in [-0.1, -0.05) is 0 Å². The van der Waals surface area contributed by atoms with Crippen molar-refractivity contribution in [3.63, 3.8) is 0 Å². The van der Waals surface area contributed by atoms with E-state index in [4.69, 9.17) is 4.74 Å². The van der Waals surface area contributed by atoms with E-state index < -0.39 is 12.8 Å². The summed E-state index contributed by atoms with van der Waals surface area (Å²) in [4.78, 5) is 18.0. The van der Waals surface area contributed by atoms with E-state index in [9.17, 15) is 18.0 Å². The normalized spacial score (nSPS) is 17.0. The summed E-state index contributed by atoms with van der Waals surface area (Å²) in [5.74, 6) is 0.458. The van der Waals surface area contributed by atoms with Gasteiger partial charge in [-0.05, 0) is 26.2 Å². The first-order valence-corrected chi connectivity index (χ1v) is 8.13. The van der Waals surface area contributed by atoms with Crippen molar-refractivity contribution in [3.05, 3.63) is 0 Å². The summed E-state index contributed by atoms with van der Waals surface area (Å²) in [7, 11) is 1.39.